The number of hydrogen-bond acceptors (Lipinski definition) is 5. The van der Waals surface area contributed by atoms with Crippen LogP contribution >= 0.6 is 0 Å². The van der Waals surface area contributed by atoms with Crippen LogP contribution in [-0.4, -0.2) is 49.4 Å². The summed E-state index contributed by atoms with van der Waals surface area (Å²) in [6.07, 6.45) is 0.210. The van der Waals surface area contributed by atoms with Crippen molar-refractivity contribution in [2.45, 2.75) is 13.0 Å². The van der Waals surface area contributed by atoms with Crippen molar-refractivity contribution in [2.24, 2.45) is 0 Å². The fourth-order valence-corrected chi connectivity index (χ4v) is 2.57. The molecule has 2 aromatic rings. The molecule has 1 N–H and O–H groups in total. The smallest absolute Gasteiger partial charge is 0.150 e. The van der Waals surface area contributed by atoms with E-state index in [1.807, 2.05) is 38.2 Å². The van der Waals surface area contributed by atoms with Gasteiger partial charge in [-0.05, 0) is 19.1 Å². The highest BCUT2D eigenvalue weighted by Gasteiger charge is 2.18. The summed E-state index contributed by atoms with van der Waals surface area (Å²) in [7, 11) is 2.05. The highest BCUT2D eigenvalue weighted by atomic mass is 16.5. The Morgan fingerprint density at radius 3 is 2.75 bits per heavy atom. The van der Waals surface area contributed by atoms with Gasteiger partial charge in [-0.25, -0.2) is 9.97 Å². The molecule has 1 aromatic heterocycles. The molecule has 0 bridgehead atoms. The molecule has 0 spiro atoms. The van der Waals surface area contributed by atoms with Crippen LogP contribution in [0.3, 0.4) is 0 Å². The number of fused-ring (bicyclic) bond motifs is 1. The van der Waals surface area contributed by atoms with E-state index in [0.717, 1.165) is 48.8 Å². The highest BCUT2D eigenvalue weighted by molar-refractivity contribution is 5.76. The van der Waals surface area contributed by atoms with Gasteiger partial charge in [-0.1, -0.05) is 12.1 Å². The number of para-hydroxylation sites is 2. The number of aryl methyl sites for hydroxylation is 1. The molecule has 5 nitrogen and oxygen atoms in total. The lowest BCUT2D eigenvalue weighted by atomic mass is 10.2. The average molecular weight is 272 g/mol. The molecule has 1 atom stereocenters. The van der Waals surface area contributed by atoms with Gasteiger partial charge in [0.15, 0.2) is 5.82 Å². The number of rotatable bonds is 3. The molecule has 1 aromatic carbocycles. The van der Waals surface area contributed by atoms with Gasteiger partial charge in [0.1, 0.15) is 0 Å². The third-order valence-corrected chi connectivity index (χ3v) is 3.56. The second-order valence-corrected chi connectivity index (χ2v) is 5.20. The Hall–Kier alpha value is -1.72. The van der Waals surface area contributed by atoms with E-state index in [0.29, 0.717) is 0 Å². The van der Waals surface area contributed by atoms with Crippen LogP contribution in [0.2, 0.25) is 0 Å². The van der Waals surface area contributed by atoms with Crippen LogP contribution in [0, 0.1) is 6.92 Å². The van der Waals surface area contributed by atoms with Crippen LogP contribution in [0.15, 0.2) is 24.3 Å². The molecule has 1 fully saturated rings. The standard InChI is InChI=1S/C15H20N4O/c1-11-15(18-14-6-4-3-5-13(14)17-11)19(2)10-12-9-16-7-8-20-12/h3-6,12,16H,7-10H2,1-2H3. The third-order valence-electron chi connectivity index (χ3n) is 3.56. The van der Waals surface area contributed by atoms with Gasteiger partial charge in [0.05, 0.1) is 29.4 Å². The van der Waals surface area contributed by atoms with Gasteiger partial charge in [-0.2, -0.15) is 0 Å². The minimum atomic E-state index is 0.210. The van der Waals surface area contributed by atoms with Gasteiger partial charge >= 0.3 is 0 Å². The number of hydrogen-bond donors (Lipinski definition) is 1. The number of nitrogens with one attached hydrogen (secondary N) is 1. The van der Waals surface area contributed by atoms with E-state index in [9.17, 15) is 0 Å². The monoisotopic (exact) mass is 272 g/mol. The predicted molar refractivity (Wildman–Crippen MR) is 80.2 cm³/mol. The number of anilines is 1. The summed E-state index contributed by atoms with van der Waals surface area (Å²) in [6.45, 7) is 5.44. The van der Waals surface area contributed by atoms with Crippen LogP contribution in [0.25, 0.3) is 11.0 Å². The maximum absolute atomic E-state index is 5.75. The highest BCUT2D eigenvalue weighted by Crippen LogP contribution is 2.19. The first-order chi connectivity index (χ1) is 9.74. The van der Waals surface area contributed by atoms with E-state index >= 15 is 0 Å². The minimum Gasteiger partial charge on any atom is -0.374 e. The first-order valence-electron chi connectivity index (χ1n) is 7.01. The number of benzene rings is 1. The second kappa shape index (κ2) is 5.73. The Morgan fingerprint density at radius 1 is 1.30 bits per heavy atom. The van der Waals surface area contributed by atoms with Crippen molar-refractivity contribution >= 4 is 16.9 Å². The average Bonchev–Trinajstić information content (AvgIpc) is 2.47. The molecule has 0 amide bonds. The number of nitrogens with zero attached hydrogens (tertiary/aromatic N) is 3. The van der Waals surface area contributed by atoms with Crippen LogP contribution < -0.4 is 10.2 Å². The molecule has 1 saturated heterocycles. The molecule has 5 heteroatoms. The van der Waals surface area contributed by atoms with Crippen molar-refractivity contribution in [3.63, 3.8) is 0 Å². The maximum Gasteiger partial charge on any atom is 0.150 e. The molecule has 1 aliphatic heterocycles. The molecule has 106 valence electrons. The van der Waals surface area contributed by atoms with Gasteiger partial charge in [0.25, 0.3) is 0 Å². The van der Waals surface area contributed by atoms with Crippen molar-refractivity contribution in [3.8, 4) is 0 Å². The Bertz CT molecular complexity index is 595. The van der Waals surface area contributed by atoms with E-state index in [4.69, 9.17) is 9.72 Å². The molecule has 0 aliphatic carbocycles. The number of morpholine rings is 1. The molecule has 1 aliphatic rings. The SMILES string of the molecule is Cc1nc2ccccc2nc1N(C)CC1CNCCO1. The number of aromatic nitrogens is 2. The summed E-state index contributed by atoms with van der Waals surface area (Å²) in [5.41, 5.74) is 2.83. The molecule has 2 heterocycles. The van der Waals surface area contributed by atoms with Gasteiger partial charge < -0.3 is 15.0 Å². The van der Waals surface area contributed by atoms with E-state index < -0.39 is 0 Å². The van der Waals surface area contributed by atoms with Crippen molar-refractivity contribution < 1.29 is 4.74 Å². The summed E-state index contributed by atoms with van der Waals surface area (Å²) in [4.78, 5) is 11.5. The van der Waals surface area contributed by atoms with Crippen LogP contribution in [0.4, 0.5) is 5.82 Å². The van der Waals surface area contributed by atoms with Gasteiger partial charge in [-0.15, -0.1) is 0 Å². The minimum absolute atomic E-state index is 0.210. The van der Waals surface area contributed by atoms with Crippen LogP contribution in [0.5, 0.6) is 0 Å². The first-order valence-corrected chi connectivity index (χ1v) is 7.01. The quantitative estimate of drug-likeness (QED) is 0.914. The lowest BCUT2D eigenvalue weighted by Crippen LogP contribution is -2.44. The van der Waals surface area contributed by atoms with Crippen molar-refractivity contribution in [1.82, 2.24) is 15.3 Å². The van der Waals surface area contributed by atoms with E-state index in [1.165, 1.54) is 0 Å². The normalized spacial score (nSPS) is 19.2. The zero-order valence-electron chi connectivity index (χ0n) is 12.0. The fraction of sp³-hybridized carbons (Fsp3) is 0.467. The molecule has 0 radical (unpaired) electrons. The lowest BCUT2D eigenvalue weighted by Gasteiger charge is -2.29. The fourth-order valence-electron chi connectivity index (χ4n) is 2.57. The van der Waals surface area contributed by atoms with Gasteiger partial charge in [0.2, 0.25) is 0 Å². The topological polar surface area (TPSA) is 50.3 Å². The molecule has 3 rings (SSSR count). The van der Waals surface area contributed by atoms with E-state index in [2.05, 4.69) is 15.2 Å². The first kappa shape index (κ1) is 13.3. The van der Waals surface area contributed by atoms with E-state index in [1.54, 1.807) is 0 Å². The zero-order chi connectivity index (χ0) is 13.9. The van der Waals surface area contributed by atoms with Crippen LogP contribution in [-0.2, 0) is 4.74 Å². The van der Waals surface area contributed by atoms with Gasteiger partial charge in [0, 0.05) is 26.7 Å². The molecular formula is C15H20N4O. The Labute approximate surface area is 119 Å². The Balaban J connectivity index is 1.82. The Morgan fingerprint density at radius 2 is 2.05 bits per heavy atom. The van der Waals surface area contributed by atoms with Crippen molar-refractivity contribution in [3.05, 3.63) is 30.0 Å². The largest absolute Gasteiger partial charge is 0.374 e. The van der Waals surface area contributed by atoms with Crippen molar-refractivity contribution in [1.29, 1.82) is 0 Å². The molecule has 1 unspecified atom stereocenters. The summed E-state index contributed by atoms with van der Waals surface area (Å²) in [5.74, 6) is 0.929. The second-order valence-electron chi connectivity index (χ2n) is 5.20. The number of likely N-dealkylation sites (N-methyl/N-ethyl adjacent to an activating group) is 1. The summed E-state index contributed by atoms with van der Waals surface area (Å²) in [6, 6.07) is 7.97. The van der Waals surface area contributed by atoms with E-state index in [-0.39, 0.29) is 6.10 Å². The molecular weight excluding hydrogens is 252 g/mol. The predicted octanol–water partition coefficient (Wildman–Crippen LogP) is 1.36. The summed E-state index contributed by atoms with van der Waals surface area (Å²) < 4.78 is 5.75. The third kappa shape index (κ3) is 2.73. The number of ether oxygens (including phenoxy) is 1. The van der Waals surface area contributed by atoms with Crippen LogP contribution in [0.1, 0.15) is 5.69 Å². The molecule has 0 saturated carbocycles. The summed E-state index contributed by atoms with van der Waals surface area (Å²) in [5, 5.41) is 3.35. The summed E-state index contributed by atoms with van der Waals surface area (Å²) >= 11 is 0. The Kier molecular flexibility index (Phi) is 3.80. The maximum atomic E-state index is 5.75. The van der Waals surface area contributed by atoms with Gasteiger partial charge in [-0.3, -0.25) is 0 Å². The van der Waals surface area contributed by atoms with Crippen molar-refractivity contribution in [2.75, 3.05) is 38.2 Å². The lowest BCUT2D eigenvalue weighted by molar-refractivity contribution is 0.0339. The molecule has 20 heavy (non-hydrogen) atoms. The zero-order valence-corrected chi connectivity index (χ0v) is 12.0.